The maximum absolute atomic E-state index is 12.3. The van der Waals surface area contributed by atoms with Crippen LogP contribution in [0.3, 0.4) is 0 Å². The van der Waals surface area contributed by atoms with Crippen molar-refractivity contribution in [1.82, 2.24) is 5.32 Å². The Morgan fingerprint density at radius 3 is 2.32 bits per heavy atom. The third kappa shape index (κ3) is 5.89. The molecule has 2 aromatic rings. The molecule has 0 saturated carbocycles. The molecule has 0 aliphatic rings. The lowest BCUT2D eigenvalue weighted by Crippen LogP contribution is -2.27. The van der Waals surface area contributed by atoms with Gasteiger partial charge in [0.15, 0.2) is 11.5 Å². The van der Waals surface area contributed by atoms with E-state index in [4.69, 9.17) is 18.9 Å². The normalized spacial score (nSPS) is 11.6. The minimum Gasteiger partial charge on any atom is -0.493 e. The van der Waals surface area contributed by atoms with Crippen LogP contribution in [0, 0.1) is 0 Å². The van der Waals surface area contributed by atoms with Crippen molar-refractivity contribution in [3.8, 4) is 17.2 Å². The number of rotatable bonds is 11. The van der Waals surface area contributed by atoms with Crippen LogP contribution in [0.4, 0.5) is 0 Å². The summed E-state index contributed by atoms with van der Waals surface area (Å²) in [5, 5.41) is 2.92. The first-order valence-electron chi connectivity index (χ1n) is 9.31. The molecule has 6 nitrogen and oxygen atoms in total. The van der Waals surface area contributed by atoms with E-state index < -0.39 is 0 Å². The number of amides is 1. The number of hydrogen-bond donors (Lipinski definition) is 1. The molecular weight excluding hydrogens is 358 g/mol. The Bertz CT molecular complexity index is 748. The predicted octanol–water partition coefficient (Wildman–Crippen LogP) is 3.54. The fourth-order valence-corrected chi connectivity index (χ4v) is 2.92. The Balaban J connectivity index is 1.78. The van der Waals surface area contributed by atoms with Crippen LogP contribution in [0.15, 0.2) is 42.5 Å². The van der Waals surface area contributed by atoms with E-state index in [0.29, 0.717) is 30.4 Å². The third-order valence-corrected chi connectivity index (χ3v) is 4.42. The van der Waals surface area contributed by atoms with Crippen LogP contribution >= 0.6 is 0 Å². The summed E-state index contributed by atoms with van der Waals surface area (Å²) >= 11 is 0. The number of benzene rings is 2. The van der Waals surface area contributed by atoms with Gasteiger partial charge in [0.1, 0.15) is 0 Å². The van der Waals surface area contributed by atoms with Crippen LogP contribution in [-0.4, -0.2) is 40.4 Å². The van der Waals surface area contributed by atoms with E-state index in [1.807, 2.05) is 43.3 Å². The van der Waals surface area contributed by atoms with E-state index >= 15 is 0 Å². The van der Waals surface area contributed by atoms with Gasteiger partial charge in [0.2, 0.25) is 11.7 Å². The molecule has 1 N–H and O–H groups in total. The Kier molecular flexibility index (Phi) is 8.62. The minimum absolute atomic E-state index is 0.0351. The SMILES string of the molecule is COc1ccc(CC(=O)NCCCO[C@H](C)c2ccccc2)c(OC)c1OC. The maximum atomic E-state index is 12.3. The lowest BCUT2D eigenvalue weighted by molar-refractivity contribution is -0.120. The second-order valence-electron chi connectivity index (χ2n) is 6.30. The number of methoxy groups -OCH3 is 3. The van der Waals surface area contributed by atoms with Crippen LogP contribution in [0.1, 0.15) is 30.6 Å². The maximum Gasteiger partial charge on any atom is 0.224 e. The van der Waals surface area contributed by atoms with Gasteiger partial charge in [-0.15, -0.1) is 0 Å². The van der Waals surface area contributed by atoms with Crippen LogP contribution in [0.5, 0.6) is 17.2 Å². The van der Waals surface area contributed by atoms with Crippen molar-refractivity contribution in [2.75, 3.05) is 34.5 Å². The highest BCUT2D eigenvalue weighted by atomic mass is 16.5. The fourth-order valence-electron chi connectivity index (χ4n) is 2.92. The van der Waals surface area contributed by atoms with E-state index in [2.05, 4.69) is 5.32 Å². The Morgan fingerprint density at radius 2 is 1.68 bits per heavy atom. The standard InChI is InChI=1S/C22H29NO5/c1-16(17-9-6-5-7-10-17)28-14-8-13-23-20(24)15-18-11-12-19(25-2)22(27-4)21(18)26-3/h5-7,9-12,16H,8,13-15H2,1-4H3,(H,23,24)/t16-/m1/s1. The van der Waals surface area contributed by atoms with Crippen molar-refractivity contribution >= 4 is 5.91 Å². The Morgan fingerprint density at radius 1 is 0.964 bits per heavy atom. The molecule has 0 saturated heterocycles. The van der Waals surface area contributed by atoms with Crippen LogP contribution in [0.25, 0.3) is 0 Å². The summed E-state index contributed by atoms with van der Waals surface area (Å²) in [6.07, 6.45) is 0.976. The molecule has 1 atom stereocenters. The molecule has 2 rings (SSSR count). The smallest absolute Gasteiger partial charge is 0.224 e. The zero-order chi connectivity index (χ0) is 20.4. The van der Waals surface area contributed by atoms with Crippen molar-refractivity contribution in [2.45, 2.75) is 25.9 Å². The van der Waals surface area contributed by atoms with Crippen LogP contribution in [0.2, 0.25) is 0 Å². The monoisotopic (exact) mass is 387 g/mol. The zero-order valence-electron chi connectivity index (χ0n) is 17.0. The van der Waals surface area contributed by atoms with Gasteiger partial charge in [0, 0.05) is 18.7 Å². The number of carbonyl (C=O) groups is 1. The van der Waals surface area contributed by atoms with Crippen molar-refractivity contribution in [1.29, 1.82) is 0 Å². The summed E-state index contributed by atoms with van der Waals surface area (Å²) in [6, 6.07) is 13.6. The molecule has 0 bridgehead atoms. The lowest BCUT2D eigenvalue weighted by atomic mass is 10.1. The van der Waals surface area contributed by atoms with Crippen molar-refractivity contribution in [3.63, 3.8) is 0 Å². The van der Waals surface area contributed by atoms with E-state index in [9.17, 15) is 4.79 Å². The number of ether oxygens (including phenoxy) is 4. The lowest BCUT2D eigenvalue weighted by Gasteiger charge is -2.16. The molecule has 28 heavy (non-hydrogen) atoms. The summed E-state index contributed by atoms with van der Waals surface area (Å²) in [5.41, 5.74) is 1.89. The van der Waals surface area contributed by atoms with E-state index in [-0.39, 0.29) is 18.4 Å². The second-order valence-corrected chi connectivity index (χ2v) is 6.30. The molecule has 0 heterocycles. The van der Waals surface area contributed by atoms with Gasteiger partial charge < -0.3 is 24.3 Å². The molecular formula is C22H29NO5. The molecule has 152 valence electrons. The minimum atomic E-state index is -0.0818. The topological polar surface area (TPSA) is 66.0 Å². The molecule has 0 aliphatic heterocycles. The summed E-state index contributed by atoms with van der Waals surface area (Å²) < 4.78 is 21.9. The summed E-state index contributed by atoms with van der Waals surface area (Å²) in [7, 11) is 4.65. The predicted molar refractivity (Wildman–Crippen MR) is 108 cm³/mol. The molecule has 0 aromatic heterocycles. The van der Waals surface area contributed by atoms with E-state index in [0.717, 1.165) is 17.5 Å². The Hall–Kier alpha value is -2.73. The molecule has 1 amide bonds. The van der Waals surface area contributed by atoms with Crippen LogP contribution < -0.4 is 19.5 Å². The first kappa shape index (κ1) is 21.6. The number of hydrogen-bond acceptors (Lipinski definition) is 5. The number of nitrogens with one attached hydrogen (secondary N) is 1. The van der Waals surface area contributed by atoms with Gasteiger partial charge in [-0.1, -0.05) is 36.4 Å². The fraction of sp³-hybridized carbons (Fsp3) is 0.409. The van der Waals surface area contributed by atoms with Gasteiger partial charge in [-0.2, -0.15) is 0 Å². The second kappa shape index (κ2) is 11.2. The van der Waals surface area contributed by atoms with Crippen molar-refractivity contribution in [2.24, 2.45) is 0 Å². The van der Waals surface area contributed by atoms with Gasteiger partial charge in [0.25, 0.3) is 0 Å². The van der Waals surface area contributed by atoms with Gasteiger partial charge in [-0.25, -0.2) is 0 Å². The van der Waals surface area contributed by atoms with Crippen LogP contribution in [-0.2, 0) is 16.0 Å². The summed E-state index contributed by atoms with van der Waals surface area (Å²) in [4.78, 5) is 12.3. The van der Waals surface area contributed by atoms with Crippen molar-refractivity contribution in [3.05, 3.63) is 53.6 Å². The molecule has 0 radical (unpaired) electrons. The first-order valence-corrected chi connectivity index (χ1v) is 9.31. The van der Waals surface area contributed by atoms with Gasteiger partial charge >= 0.3 is 0 Å². The van der Waals surface area contributed by atoms with Gasteiger partial charge in [-0.3, -0.25) is 4.79 Å². The third-order valence-electron chi connectivity index (χ3n) is 4.42. The average molecular weight is 387 g/mol. The molecule has 0 aliphatic carbocycles. The first-order chi connectivity index (χ1) is 13.6. The van der Waals surface area contributed by atoms with Crippen molar-refractivity contribution < 1.29 is 23.7 Å². The summed E-state index contributed by atoms with van der Waals surface area (Å²) in [5.74, 6) is 1.48. The highest BCUT2D eigenvalue weighted by molar-refractivity contribution is 5.80. The number of carbonyl (C=O) groups excluding carboxylic acids is 1. The molecule has 0 unspecified atom stereocenters. The van der Waals surface area contributed by atoms with E-state index in [1.54, 1.807) is 27.4 Å². The quantitative estimate of drug-likeness (QED) is 0.598. The zero-order valence-corrected chi connectivity index (χ0v) is 17.0. The summed E-state index contributed by atoms with van der Waals surface area (Å²) in [6.45, 7) is 3.16. The van der Waals surface area contributed by atoms with Gasteiger partial charge in [0.05, 0.1) is 33.9 Å². The molecule has 2 aromatic carbocycles. The molecule has 6 heteroatoms. The largest absolute Gasteiger partial charge is 0.493 e. The van der Waals surface area contributed by atoms with E-state index in [1.165, 1.54) is 0 Å². The molecule has 0 fully saturated rings. The van der Waals surface area contributed by atoms with Gasteiger partial charge in [-0.05, 0) is 25.0 Å². The Labute approximate surface area is 166 Å². The molecule has 0 spiro atoms. The highest BCUT2D eigenvalue weighted by Crippen LogP contribution is 2.39. The highest BCUT2D eigenvalue weighted by Gasteiger charge is 2.17. The average Bonchev–Trinajstić information content (AvgIpc) is 2.73.